The Morgan fingerprint density at radius 1 is 1.75 bits per heavy atom. The van der Waals surface area contributed by atoms with E-state index in [1.54, 1.807) is 0 Å². The average molecular weight is 119 g/mol. The van der Waals surface area contributed by atoms with Crippen LogP contribution >= 0.6 is 0 Å². The van der Waals surface area contributed by atoms with Crippen LogP contribution in [0.5, 0.6) is 0 Å². The topological polar surface area (TPSA) is 75.8 Å². The van der Waals surface area contributed by atoms with Gasteiger partial charge in [-0.2, -0.15) is 0 Å². The van der Waals surface area contributed by atoms with Crippen LogP contribution in [-0.2, 0) is 9.53 Å². The van der Waals surface area contributed by atoms with Crippen LogP contribution in [0.4, 0.5) is 0 Å². The van der Waals surface area contributed by atoms with Crippen LogP contribution in [0.15, 0.2) is 0 Å². The van der Waals surface area contributed by atoms with Crippen molar-refractivity contribution in [3.63, 3.8) is 0 Å². The quantitative estimate of drug-likeness (QED) is 0.436. The largest absolute Gasteiger partial charge is 0.480 e. The van der Waals surface area contributed by atoms with Gasteiger partial charge in [0.25, 0.3) is 0 Å². The van der Waals surface area contributed by atoms with E-state index in [1.807, 2.05) is 0 Å². The van der Waals surface area contributed by atoms with E-state index < -0.39 is 5.97 Å². The predicted molar refractivity (Wildman–Crippen MR) is 27.5 cm³/mol. The number of carbonyl (C=O) groups is 1. The highest BCUT2D eigenvalue weighted by molar-refractivity contribution is 5.68. The first-order chi connectivity index (χ1) is 3.77. The Morgan fingerprint density at radius 2 is 2.00 bits per heavy atom. The minimum Gasteiger partial charge on any atom is -0.480 e. The van der Waals surface area contributed by atoms with Crippen molar-refractivity contribution in [2.75, 3.05) is 19.8 Å². The lowest BCUT2D eigenvalue weighted by atomic mass is 10.7. The van der Waals surface area contributed by atoms with Crippen molar-refractivity contribution >= 4 is 5.97 Å². The molecule has 0 aliphatic carbocycles. The highest BCUT2D eigenvalue weighted by Crippen LogP contribution is 1.84. The maximum absolute atomic E-state index is 9.24. The molecular weight excluding hydrogens is 110 g/mol. The lowest BCUT2D eigenvalue weighted by Crippen LogP contribution is -2.10. The van der Waals surface area contributed by atoms with Crippen LogP contribution in [0.25, 0.3) is 0 Å². The predicted octanol–water partition coefficient (Wildman–Crippen LogP) is -0.954. The van der Waals surface area contributed by atoms with Crippen molar-refractivity contribution < 1.29 is 14.6 Å². The normalized spacial score (nSPS) is 13.6. The van der Waals surface area contributed by atoms with E-state index in [1.165, 1.54) is 0 Å². The van der Waals surface area contributed by atoms with Gasteiger partial charge < -0.3 is 15.6 Å². The number of rotatable bonds is 1. The molecule has 0 radical (unpaired) electrons. The lowest BCUT2D eigenvalue weighted by Gasteiger charge is -1.73. The summed E-state index contributed by atoms with van der Waals surface area (Å²) in [7, 11) is 0. The molecule has 0 unspecified atom stereocenters. The van der Waals surface area contributed by atoms with E-state index in [2.05, 4.69) is 10.5 Å². The fraction of sp³-hybridized carbons (Fsp3) is 0.750. The Balaban J connectivity index is 0.000000135. The van der Waals surface area contributed by atoms with Gasteiger partial charge in [-0.3, -0.25) is 4.79 Å². The first-order valence-corrected chi connectivity index (χ1v) is 2.27. The second-order valence-electron chi connectivity index (χ2n) is 1.21. The molecule has 0 atom stereocenters. The summed E-state index contributed by atoms with van der Waals surface area (Å²) in [5.41, 5.74) is 4.57. The van der Waals surface area contributed by atoms with Gasteiger partial charge in [-0.15, -0.1) is 0 Å². The standard InChI is InChI=1S/C2H5NO2.C2H4O/c3-1-2(4)5;1-2-3-1/h1,3H2,(H,4,5);1-2H2. The Bertz CT molecular complexity index is 68.9. The summed E-state index contributed by atoms with van der Waals surface area (Å²) in [5, 5.41) is 7.60. The van der Waals surface area contributed by atoms with Crippen LogP contribution in [0, 0.1) is 0 Å². The fourth-order valence-corrected chi connectivity index (χ4v) is 0. The molecule has 1 aliphatic heterocycles. The molecule has 0 saturated carbocycles. The molecule has 1 aliphatic rings. The Kier molecular flexibility index (Phi) is 4.20. The Morgan fingerprint density at radius 3 is 2.00 bits per heavy atom. The molecule has 0 aromatic heterocycles. The maximum Gasteiger partial charge on any atom is 0.317 e. The second-order valence-corrected chi connectivity index (χ2v) is 1.21. The summed E-state index contributed by atoms with van der Waals surface area (Å²) < 4.78 is 4.50. The van der Waals surface area contributed by atoms with E-state index in [-0.39, 0.29) is 6.54 Å². The molecular formula is C4H9NO3. The van der Waals surface area contributed by atoms with Gasteiger partial charge in [-0.05, 0) is 0 Å². The number of aliphatic carboxylic acids is 1. The van der Waals surface area contributed by atoms with Gasteiger partial charge in [0, 0.05) is 0 Å². The number of epoxide rings is 1. The summed E-state index contributed by atoms with van der Waals surface area (Å²) in [6.07, 6.45) is 0. The van der Waals surface area contributed by atoms with Crippen molar-refractivity contribution in [1.82, 2.24) is 0 Å². The summed E-state index contributed by atoms with van der Waals surface area (Å²) >= 11 is 0. The van der Waals surface area contributed by atoms with Crippen LogP contribution in [-0.4, -0.2) is 30.8 Å². The maximum atomic E-state index is 9.24. The van der Waals surface area contributed by atoms with Gasteiger partial charge in [0.1, 0.15) is 0 Å². The number of carboxylic acid groups (broad SMARTS) is 1. The molecule has 8 heavy (non-hydrogen) atoms. The first-order valence-electron chi connectivity index (χ1n) is 2.27. The van der Waals surface area contributed by atoms with Gasteiger partial charge in [0.05, 0.1) is 19.8 Å². The van der Waals surface area contributed by atoms with E-state index >= 15 is 0 Å². The molecule has 1 fully saturated rings. The molecule has 0 spiro atoms. The summed E-state index contributed by atoms with van der Waals surface area (Å²) in [6.45, 7) is 1.72. The van der Waals surface area contributed by atoms with E-state index in [9.17, 15) is 4.79 Å². The van der Waals surface area contributed by atoms with Crippen molar-refractivity contribution in [2.24, 2.45) is 5.73 Å². The fourth-order valence-electron chi connectivity index (χ4n) is 0. The molecule has 1 heterocycles. The number of ether oxygens (including phenoxy) is 1. The van der Waals surface area contributed by atoms with Gasteiger partial charge in [0.15, 0.2) is 0 Å². The highest BCUT2D eigenvalue weighted by atomic mass is 16.6. The van der Waals surface area contributed by atoms with Crippen molar-refractivity contribution in [3.8, 4) is 0 Å². The van der Waals surface area contributed by atoms with Gasteiger partial charge >= 0.3 is 5.97 Å². The number of hydrogen-bond donors (Lipinski definition) is 2. The molecule has 0 aromatic rings. The zero-order chi connectivity index (χ0) is 6.41. The van der Waals surface area contributed by atoms with E-state index in [4.69, 9.17) is 5.11 Å². The Labute approximate surface area is 47.2 Å². The van der Waals surface area contributed by atoms with Gasteiger partial charge in [-0.1, -0.05) is 0 Å². The number of carboxylic acids is 1. The van der Waals surface area contributed by atoms with Gasteiger partial charge in [0.2, 0.25) is 0 Å². The molecule has 1 rings (SSSR count). The monoisotopic (exact) mass is 119 g/mol. The van der Waals surface area contributed by atoms with Crippen molar-refractivity contribution in [2.45, 2.75) is 0 Å². The number of hydrogen-bond acceptors (Lipinski definition) is 3. The minimum atomic E-state index is -0.968. The van der Waals surface area contributed by atoms with E-state index in [0.29, 0.717) is 0 Å². The SMILES string of the molecule is C1CO1.NCC(=O)O. The van der Waals surface area contributed by atoms with Crippen LogP contribution in [0.1, 0.15) is 0 Å². The molecule has 0 aromatic carbocycles. The van der Waals surface area contributed by atoms with Gasteiger partial charge in [-0.25, -0.2) is 0 Å². The summed E-state index contributed by atoms with van der Waals surface area (Å²) in [6, 6.07) is 0. The second kappa shape index (κ2) is 4.55. The van der Waals surface area contributed by atoms with Crippen LogP contribution in [0.2, 0.25) is 0 Å². The smallest absolute Gasteiger partial charge is 0.317 e. The molecule has 1 saturated heterocycles. The molecule has 4 heteroatoms. The first kappa shape index (κ1) is 7.39. The third-order valence-electron chi connectivity index (χ3n) is 0.379. The summed E-state index contributed by atoms with van der Waals surface area (Å²) in [5.74, 6) is -0.968. The third-order valence-corrected chi connectivity index (χ3v) is 0.379. The molecule has 0 bridgehead atoms. The molecule has 4 nitrogen and oxygen atoms in total. The lowest BCUT2D eigenvalue weighted by molar-refractivity contribution is -0.135. The molecule has 0 amide bonds. The average Bonchev–Trinajstić information content (AvgIpc) is 2.48. The summed E-state index contributed by atoms with van der Waals surface area (Å²) in [4.78, 5) is 9.24. The van der Waals surface area contributed by atoms with E-state index in [0.717, 1.165) is 13.2 Å². The zero-order valence-corrected chi connectivity index (χ0v) is 4.46. The van der Waals surface area contributed by atoms with Crippen LogP contribution < -0.4 is 5.73 Å². The minimum absolute atomic E-state index is 0.278. The van der Waals surface area contributed by atoms with Crippen molar-refractivity contribution in [1.29, 1.82) is 0 Å². The van der Waals surface area contributed by atoms with Crippen molar-refractivity contribution in [3.05, 3.63) is 0 Å². The zero-order valence-electron chi connectivity index (χ0n) is 4.46. The van der Waals surface area contributed by atoms with Crippen LogP contribution in [0.3, 0.4) is 0 Å². The highest BCUT2D eigenvalue weighted by Gasteiger charge is 1.94. The molecule has 3 N–H and O–H groups in total. The Hall–Kier alpha value is -0.610. The molecule has 48 valence electrons. The third kappa shape index (κ3) is 18.2. The number of nitrogens with two attached hydrogens (primary N) is 1.